The number of fused-ring (bicyclic) bond motifs is 2. The lowest BCUT2D eigenvalue weighted by molar-refractivity contribution is 0.414. The molecule has 2 heteroatoms. The van der Waals surface area contributed by atoms with E-state index in [0.29, 0.717) is 0 Å². The summed E-state index contributed by atoms with van der Waals surface area (Å²) in [5, 5.41) is 3.66. The molecular formula is C14H17NO. The van der Waals surface area contributed by atoms with Crippen molar-refractivity contribution >= 4 is 11.8 Å². The number of hydrogen-bond donors (Lipinski definition) is 1. The fourth-order valence-corrected chi connectivity index (χ4v) is 2.83. The van der Waals surface area contributed by atoms with Crippen LogP contribution in [0.5, 0.6) is 5.75 Å². The first-order valence-corrected chi connectivity index (χ1v) is 5.88. The second kappa shape index (κ2) is 3.27. The van der Waals surface area contributed by atoms with Crippen LogP contribution < -0.4 is 10.1 Å². The lowest BCUT2D eigenvalue weighted by Crippen LogP contribution is -2.35. The minimum atomic E-state index is 0.196. The van der Waals surface area contributed by atoms with Crippen LogP contribution in [0.2, 0.25) is 0 Å². The zero-order chi connectivity index (χ0) is 11.2. The van der Waals surface area contributed by atoms with Crippen molar-refractivity contribution in [3.05, 3.63) is 29.3 Å². The van der Waals surface area contributed by atoms with Gasteiger partial charge in [0.1, 0.15) is 5.75 Å². The quantitative estimate of drug-likeness (QED) is 0.774. The van der Waals surface area contributed by atoms with Crippen LogP contribution in [0.15, 0.2) is 23.8 Å². The minimum absolute atomic E-state index is 0.196. The van der Waals surface area contributed by atoms with E-state index in [1.54, 1.807) is 7.11 Å². The lowest BCUT2D eigenvalue weighted by Gasteiger charge is -2.33. The summed E-state index contributed by atoms with van der Waals surface area (Å²) in [6.45, 7) is 2.30. The molecule has 3 rings (SSSR count). The second-order valence-electron chi connectivity index (χ2n) is 4.93. The largest absolute Gasteiger partial charge is 0.497 e. The molecule has 1 heterocycles. The first-order chi connectivity index (χ1) is 7.71. The molecule has 1 fully saturated rings. The Bertz CT molecular complexity index is 464. The number of rotatable bonds is 1. The molecule has 1 aromatic rings. The third kappa shape index (κ3) is 1.33. The van der Waals surface area contributed by atoms with E-state index in [2.05, 4.69) is 30.4 Å². The molecular weight excluding hydrogens is 198 g/mol. The second-order valence-corrected chi connectivity index (χ2v) is 4.93. The molecule has 0 spiro atoms. The molecule has 2 nitrogen and oxygen atoms in total. The van der Waals surface area contributed by atoms with Gasteiger partial charge in [-0.05, 0) is 50.0 Å². The molecule has 16 heavy (non-hydrogen) atoms. The summed E-state index contributed by atoms with van der Waals surface area (Å²) >= 11 is 0. The van der Waals surface area contributed by atoms with Crippen LogP contribution in [-0.4, -0.2) is 12.6 Å². The van der Waals surface area contributed by atoms with Gasteiger partial charge in [-0.25, -0.2) is 0 Å². The van der Waals surface area contributed by atoms with E-state index in [1.165, 1.54) is 36.1 Å². The third-order valence-corrected chi connectivity index (χ3v) is 3.83. The first kappa shape index (κ1) is 9.76. The van der Waals surface area contributed by atoms with Crippen molar-refractivity contribution in [2.24, 2.45) is 0 Å². The molecule has 0 saturated heterocycles. The highest BCUT2D eigenvalue weighted by Gasteiger charge is 2.36. The molecule has 84 valence electrons. The summed E-state index contributed by atoms with van der Waals surface area (Å²) in [5.74, 6) is 0.930. The molecule has 1 unspecified atom stereocenters. The summed E-state index contributed by atoms with van der Waals surface area (Å²) in [4.78, 5) is 0. The van der Waals surface area contributed by atoms with Crippen LogP contribution >= 0.6 is 0 Å². The highest BCUT2D eigenvalue weighted by atomic mass is 16.5. The van der Waals surface area contributed by atoms with Crippen molar-refractivity contribution in [2.45, 2.75) is 31.7 Å². The summed E-state index contributed by atoms with van der Waals surface area (Å²) in [7, 11) is 1.71. The van der Waals surface area contributed by atoms with Crippen LogP contribution in [0, 0.1) is 0 Å². The topological polar surface area (TPSA) is 21.3 Å². The zero-order valence-electron chi connectivity index (χ0n) is 9.84. The lowest BCUT2D eigenvalue weighted by atomic mass is 9.89. The van der Waals surface area contributed by atoms with Crippen molar-refractivity contribution in [3.8, 4) is 5.75 Å². The van der Waals surface area contributed by atoms with E-state index in [0.717, 1.165) is 5.75 Å². The Morgan fingerprint density at radius 2 is 2.25 bits per heavy atom. The molecule has 0 radical (unpaired) electrons. The summed E-state index contributed by atoms with van der Waals surface area (Å²) in [6, 6.07) is 6.24. The van der Waals surface area contributed by atoms with Crippen LogP contribution in [0.4, 0.5) is 5.69 Å². The Morgan fingerprint density at radius 3 is 3.06 bits per heavy atom. The van der Waals surface area contributed by atoms with Crippen molar-refractivity contribution in [3.63, 3.8) is 0 Å². The summed E-state index contributed by atoms with van der Waals surface area (Å²) in [5.41, 5.74) is 4.22. The van der Waals surface area contributed by atoms with Crippen molar-refractivity contribution in [1.82, 2.24) is 0 Å². The van der Waals surface area contributed by atoms with E-state index in [-0.39, 0.29) is 5.54 Å². The summed E-state index contributed by atoms with van der Waals surface area (Å²) < 4.78 is 5.26. The smallest absolute Gasteiger partial charge is 0.119 e. The molecule has 1 N–H and O–H groups in total. The monoisotopic (exact) mass is 215 g/mol. The van der Waals surface area contributed by atoms with Gasteiger partial charge in [0, 0.05) is 11.3 Å². The molecule has 0 amide bonds. The summed E-state index contributed by atoms with van der Waals surface area (Å²) in [6.07, 6.45) is 6.09. The number of anilines is 1. The maximum absolute atomic E-state index is 5.26. The first-order valence-electron chi connectivity index (χ1n) is 5.88. The number of benzene rings is 1. The standard InChI is InChI=1S/C14H17NO/c1-14-7-3-4-11(14)8-10-9-12(16-2)5-6-13(10)15-14/h5-6,8-9,15H,3-4,7H2,1-2H3. The van der Waals surface area contributed by atoms with Crippen LogP contribution in [0.3, 0.4) is 0 Å². The number of hydrogen-bond acceptors (Lipinski definition) is 2. The van der Waals surface area contributed by atoms with Crippen molar-refractivity contribution in [2.75, 3.05) is 12.4 Å². The van der Waals surface area contributed by atoms with Gasteiger partial charge in [-0.2, -0.15) is 0 Å². The van der Waals surface area contributed by atoms with Crippen molar-refractivity contribution in [1.29, 1.82) is 0 Å². The van der Waals surface area contributed by atoms with E-state index < -0.39 is 0 Å². The Morgan fingerprint density at radius 1 is 1.38 bits per heavy atom. The number of methoxy groups -OCH3 is 1. The minimum Gasteiger partial charge on any atom is -0.497 e. The van der Waals surface area contributed by atoms with Gasteiger partial charge in [0.2, 0.25) is 0 Å². The average Bonchev–Trinajstić information content (AvgIpc) is 2.65. The number of nitrogens with one attached hydrogen (secondary N) is 1. The fraction of sp³-hybridized carbons (Fsp3) is 0.429. The van der Waals surface area contributed by atoms with Gasteiger partial charge in [-0.15, -0.1) is 0 Å². The van der Waals surface area contributed by atoms with Gasteiger partial charge in [0.25, 0.3) is 0 Å². The molecule has 1 aliphatic heterocycles. The molecule has 1 aromatic carbocycles. The van der Waals surface area contributed by atoms with Crippen LogP contribution in [0.1, 0.15) is 31.7 Å². The Labute approximate surface area is 96.3 Å². The van der Waals surface area contributed by atoms with E-state index in [4.69, 9.17) is 4.74 Å². The molecule has 2 aliphatic rings. The van der Waals surface area contributed by atoms with Crippen LogP contribution in [0.25, 0.3) is 6.08 Å². The van der Waals surface area contributed by atoms with Gasteiger partial charge in [-0.3, -0.25) is 0 Å². The van der Waals surface area contributed by atoms with Gasteiger partial charge < -0.3 is 10.1 Å². The number of ether oxygens (including phenoxy) is 1. The van der Waals surface area contributed by atoms with E-state index >= 15 is 0 Å². The molecule has 0 bridgehead atoms. The zero-order valence-corrected chi connectivity index (χ0v) is 9.84. The van der Waals surface area contributed by atoms with E-state index in [9.17, 15) is 0 Å². The molecule has 1 saturated carbocycles. The highest BCUT2D eigenvalue weighted by Crippen LogP contribution is 2.43. The van der Waals surface area contributed by atoms with Crippen molar-refractivity contribution < 1.29 is 4.74 Å². The highest BCUT2D eigenvalue weighted by molar-refractivity contribution is 5.76. The molecule has 1 aliphatic carbocycles. The maximum Gasteiger partial charge on any atom is 0.119 e. The molecule has 1 atom stereocenters. The Hall–Kier alpha value is -1.44. The van der Waals surface area contributed by atoms with Gasteiger partial charge in [-0.1, -0.05) is 6.08 Å². The molecule has 0 aromatic heterocycles. The fourth-order valence-electron chi connectivity index (χ4n) is 2.83. The maximum atomic E-state index is 5.26. The third-order valence-electron chi connectivity index (χ3n) is 3.83. The van der Waals surface area contributed by atoms with Gasteiger partial charge in [0.15, 0.2) is 0 Å². The van der Waals surface area contributed by atoms with Crippen LogP contribution in [-0.2, 0) is 0 Å². The average molecular weight is 215 g/mol. The Balaban J connectivity index is 2.08. The van der Waals surface area contributed by atoms with Gasteiger partial charge in [0.05, 0.1) is 12.6 Å². The normalized spacial score (nSPS) is 26.5. The van der Waals surface area contributed by atoms with Gasteiger partial charge >= 0.3 is 0 Å². The SMILES string of the molecule is COc1ccc2c(c1)C=C1CCCC1(C)N2. The predicted octanol–water partition coefficient (Wildman–Crippen LogP) is 3.45. The van der Waals surface area contributed by atoms with E-state index in [1.807, 2.05) is 6.07 Å². The Kier molecular flexibility index (Phi) is 2.00. The predicted molar refractivity (Wildman–Crippen MR) is 66.8 cm³/mol.